The van der Waals surface area contributed by atoms with Crippen LogP contribution in [0, 0.1) is 11.7 Å². The van der Waals surface area contributed by atoms with Crippen LogP contribution in [0.5, 0.6) is 0 Å². The first-order chi connectivity index (χ1) is 25.6. The third kappa shape index (κ3) is 8.69. The molecule has 2 fully saturated rings. The minimum absolute atomic E-state index is 0.0135. The van der Waals surface area contributed by atoms with Gasteiger partial charge in [0.15, 0.2) is 0 Å². The first-order valence-corrected chi connectivity index (χ1v) is 19.7. The molecule has 2 aromatic rings. The lowest BCUT2D eigenvalue weighted by molar-refractivity contribution is -0.141. The van der Waals surface area contributed by atoms with E-state index in [4.69, 9.17) is 9.47 Å². The molecular formula is C38H46FN5O9S. The second-order valence-electron chi connectivity index (χ2n) is 15.3. The molecule has 0 aromatic heterocycles. The summed E-state index contributed by atoms with van der Waals surface area (Å²) in [6.45, 7) is 4.95. The lowest BCUT2D eigenvalue weighted by Gasteiger charge is -2.30. The van der Waals surface area contributed by atoms with Crippen LogP contribution in [-0.2, 0) is 47.0 Å². The standard InChI is InChI=1S/C38H46FN5O9S/c1-37(2,3)53-35(48)40-30-18-11-6-4-5-8-14-25-20-38(25,34(47)42-54(50,51)27-15-9-7-10-16-27)41-32(45)31-19-26(22-44(31)33(30)46)52-36(49)43-21-24-13-12-17-29(39)28(24)23-43/h7-10,12-17,25-26,30-31H,4-6,11,18-23H2,1-3H3,(H,40,48)(H,41,45)(H,42,47)/b14-8-/t25-,26-,30+,31+,38-/m1/s1. The van der Waals surface area contributed by atoms with E-state index < -0.39 is 81.0 Å². The third-order valence-corrected chi connectivity index (χ3v) is 11.4. The number of carbonyl (C=O) groups excluding carboxylic acids is 5. The number of nitrogens with one attached hydrogen (secondary N) is 3. The Morgan fingerprint density at radius 1 is 1.00 bits per heavy atom. The summed E-state index contributed by atoms with van der Waals surface area (Å²) >= 11 is 0. The van der Waals surface area contributed by atoms with Crippen LogP contribution < -0.4 is 15.4 Å². The summed E-state index contributed by atoms with van der Waals surface area (Å²) in [6, 6.07) is 9.59. The van der Waals surface area contributed by atoms with Crippen LogP contribution in [0.25, 0.3) is 0 Å². The van der Waals surface area contributed by atoms with Gasteiger partial charge >= 0.3 is 12.2 Å². The summed E-state index contributed by atoms with van der Waals surface area (Å²) in [4.78, 5) is 71.2. The van der Waals surface area contributed by atoms with E-state index in [-0.39, 0.29) is 43.8 Å². The molecule has 1 saturated carbocycles. The number of nitrogens with zero attached hydrogens (tertiary/aromatic N) is 2. The number of rotatable bonds is 5. The molecule has 2 aromatic carbocycles. The highest BCUT2D eigenvalue weighted by Gasteiger charge is 2.61. The fraction of sp³-hybridized carbons (Fsp3) is 0.500. The summed E-state index contributed by atoms with van der Waals surface area (Å²) in [5, 5.41) is 5.44. The predicted molar refractivity (Wildman–Crippen MR) is 192 cm³/mol. The molecular weight excluding hydrogens is 722 g/mol. The molecule has 3 aliphatic heterocycles. The van der Waals surface area contributed by atoms with E-state index >= 15 is 0 Å². The summed E-state index contributed by atoms with van der Waals surface area (Å²) in [5.41, 5.74) is -1.47. The van der Waals surface area contributed by atoms with Crippen molar-refractivity contribution in [2.24, 2.45) is 5.92 Å². The Bertz CT molecular complexity index is 1940. The van der Waals surface area contributed by atoms with Gasteiger partial charge in [0.1, 0.15) is 35.1 Å². The van der Waals surface area contributed by atoms with Crippen LogP contribution in [0.3, 0.4) is 0 Å². The predicted octanol–water partition coefficient (Wildman–Crippen LogP) is 4.04. The molecule has 3 N–H and O–H groups in total. The van der Waals surface area contributed by atoms with Crippen molar-refractivity contribution in [3.63, 3.8) is 0 Å². The molecule has 1 saturated heterocycles. The van der Waals surface area contributed by atoms with Gasteiger partial charge in [-0.15, -0.1) is 0 Å². The molecule has 16 heteroatoms. The van der Waals surface area contributed by atoms with E-state index in [1.807, 2.05) is 6.08 Å². The number of ether oxygens (including phenoxy) is 2. The highest BCUT2D eigenvalue weighted by atomic mass is 32.2. The zero-order chi connectivity index (χ0) is 38.8. The zero-order valence-corrected chi connectivity index (χ0v) is 31.3. The first-order valence-electron chi connectivity index (χ1n) is 18.2. The van der Waals surface area contributed by atoms with Crippen molar-refractivity contribution in [1.82, 2.24) is 25.2 Å². The maximum absolute atomic E-state index is 14.4. The van der Waals surface area contributed by atoms with Gasteiger partial charge in [-0.05, 0) is 70.2 Å². The van der Waals surface area contributed by atoms with E-state index in [0.717, 1.165) is 6.42 Å². The lowest BCUT2D eigenvalue weighted by atomic mass is 10.0. The number of sulfonamides is 1. The summed E-state index contributed by atoms with van der Waals surface area (Å²) in [6.07, 6.45) is 3.95. The van der Waals surface area contributed by atoms with Crippen LogP contribution in [0.2, 0.25) is 0 Å². The molecule has 3 heterocycles. The quantitative estimate of drug-likeness (QED) is 0.379. The van der Waals surface area contributed by atoms with E-state index in [2.05, 4.69) is 15.4 Å². The van der Waals surface area contributed by atoms with Crippen LogP contribution in [0.4, 0.5) is 14.0 Å². The monoisotopic (exact) mass is 767 g/mol. The van der Waals surface area contributed by atoms with Crippen LogP contribution in [-0.4, -0.2) is 84.0 Å². The molecule has 1 aliphatic carbocycles. The van der Waals surface area contributed by atoms with Gasteiger partial charge in [-0.25, -0.2) is 27.1 Å². The average Bonchev–Trinajstić information content (AvgIpc) is 3.40. The maximum atomic E-state index is 14.4. The second kappa shape index (κ2) is 15.4. The third-order valence-electron chi connectivity index (χ3n) is 10.1. The van der Waals surface area contributed by atoms with E-state index in [1.165, 1.54) is 40.1 Å². The smallest absolute Gasteiger partial charge is 0.410 e. The molecule has 14 nitrogen and oxygen atoms in total. The molecule has 5 amide bonds. The molecule has 54 heavy (non-hydrogen) atoms. The highest BCUT2D eigenvalue weighted by Crippen LogP contribution is 2.46. The molecule has 5 atom stereocenters. The van der Waals surface area contributed by atoms with Crippen molar-refractivity contribution in [2.75, 3.05) is 6.54 Å². The van der Waals surface area contributed by atoms with Gasteiger partial charge < -0.3 is 25.0 Å². The number of halogens is 1. The number of carbonyl (C=O) groups is 5. The van der Waals surface area contributed by atoms with Crippen LogP contribution >= 0.6 is 0 Å². The minimum atomic E-state index is -4.29. The fourth-order valence-corrected chi connectivity index (χ4v) is 8.27. The Kier molecular flexibility index (Phi) is 11.0. The van der Waals surface area contributed by atoms with Gasteiger partial charge in [-0.1, -0.05) is 55.3 Å². The Labute approximate surface area is 313 Å². The number of amides is 5. The van der Waals surface area contributed by atoms with Gasteiger partial charge in [-0.3, -0.25) is 19.3 Å². The zero-order valence-electron chi connectivity index (χ0n) is 30.5. The fourth-order valence-electron chi connectivity index (χ4n) is 7.21. The SMILES string of the molecule is CC(C)(C)OC(=O)N[C@H]1CCCCC/C=C\[C@@H]2C[C@@]2(C(=O)NS(=O)(=O)c2ccccc2)NC(=O)[C@@H]2C[C@@H](OC(=O)N3Cc4cccc(F)c4C3)CN2C1=O. The van der Waals surface area contributed by atoms with Gasteiger partial charge in [0.25, 0.3) is 15.9 Å². The molecule has 0 bridgehead atoms. The molecule has 0 unspecified atom stereocenters. The van der Waals surface area contributed by atoms with Crippen molar-refractivity contribution < 1.29 is 46.3 Å². The Morgan fingerprint density at radius 3 is 2.48 bits per heavy atom. The van der Waals surface area contributed by atoms with Crippen molar-refractivity contribution in [1.29, 1.82) is 0 Å². The second-order valence-corrected chi connectivity index (χ2v) is 16.9. The van der Waals surface area contributed by atoms with Gasteiger partial charge in [0.2, 0.25) is 11.8 Å². The number of hydrogen-bond donors (Lipinski definition) is 3. The Hall–Kier alpha value is -4.99. The van der Waals surface area contributed by atoms with Crippen LogP contribution in [0.15, 0.2) is 65.6 Å². The molecule has 0 radical (unpaired) electrons. The number of allylic oxidation sites excluding steroid dienone is 1. The van der Waals surface area contributed by atoms with Crippen molar-refractivity contribution in [3.8, 4) is 0 Å². The summed E-state index contributed by atoms with van der Waals surface area (Å²) in [7, 11) is -4.29. The van der Waals surface area contributed by atoms with E-state index in [0.29, 0.717) is 30.4 Å². The van der Waals surface area contributed by atoms with Crippen LogP contribution in [0.1, 0.15) is 76.8 Å². The molecule has 6 rings (SSSR count). The Morgan fingerprint density at radius 2 is 1.76 bits per heavy atom. The first kappa shape index (κ1) is 38.7. The lowest BCUT2D eigenvalue weighted by Crippen LogP contribution is -2.58. The number of hydrogen-bond acceptors (Lipinski definition) is 9. The van der Waals surface area contributed by atoms with Gasteiger partial charge in [0, 0.05) is 24.4 Å². The largest absolute Gasteiger partial charge is 0.444 e. The topological polar surface area (TPSA) is 181 Å². The van der Waals surface area contributed by atoms with E-state index in [1.54, 1.807) is 45.0 Å². The van der Waals surface area contributed by atoms with Gasteiger partial charge in [0.05, 0.1) is 18.0 Å². The maximum Gasteiger partial charge on any atom is 0.410 e. The summed E-state index contributed by atoms with van der Waals surface area (Å²) in [5.74, 6) is -3.27. The number of alkyl carbamates (subject to hydrolysis) is 1. The molecule has 0 spiro atoms. The Balaban J connectivity index is 1.26. The number of benzene rings is 2. The van der Waals surface area contributed by atoms with Gasteiger partial charge in [-0.2, -0.15) is 0 Å². The number of fused-ring (bicyclic) bond motifs is 3. The molecule has 4 aliphatic rings. The van der Waals surface area contributed by atoms with Crippen molar-refractivity contribution in [3.05, 3.63) is 77.6 Å². The minimum Gasteiger partial charge on any atom is -0.444 e. The van der Waals surface area contributed by atoms with Crippen molar-refractivity contribution in [2.45, 2.75) is 113 Å². The van der Waals surface area contributed by atoms with Crippen molar-refractivity contribution >= 4 is 39.9 Å². The molecule has 290 valence electrons. The van der Waals surface area contributed by atoms with E-state index in [9.17, 15) is 36.8 Å². The highest BCUT2D eigenvalue weighted by molar-refractivity contribution is 7.90. The average molecular weight is 768 g/mol. The normalized spacial score (nSPS) is 26.5. The summed E-state index contributed by atoms with van der Waals surface area (Å²) < 4.78 is 54.2.